The summed E-state index contributed by atoms with van der Waals surface area (Å²) in [7, 11) is 1.77. The number of ether oxygens (including phenoxy) is 1. The molecular formula is C11H15NOS. The number of benzene rings is 1. The topological polar surface area (TPSA) is 21.3 Å². The van der Waals surface area contributed by atoms with Gasteiger partial charge in [0.1, 0.15) is 0 Å². The van der Waals surface area contributed by atoms with Crippen LogP contribution in [0.5, 0.6) is 0 Å². The highest BCUT2D eigenvalue weighted by Gasteiger charge is 2.33. The summed E-state index contributed by atoms with van der Waals surface area (Å²) in [5.41, 5.74) is 0.944. The Morgan fingerprint density at radius 1 is 1.36 bits per heavy atom. The zero-order valence-corrected chi connectivity index (χ0v) is 9.14. The lowest BCUT2D eigenvalue weighted by molar-refractivity contribution is -0.0247. The highest BCUT2D eigenvalue weighted by molar-refractivity contribution is 7.99. The molecular weight excluding hydrogens is 194 g/mol. The van der Waals surface area contributed by atoms with Gasteiger partial charge in [-0.15, -0.1) is 0 Å². The molecule has 1 aromatic carbocycles. The van der Waals surface area contributed by atoms with E-state index in [1.165, 1.54) is 5.56 Å². The Kier molecular flexibility index (Phi) is 3.11. The number of methoxy groups -OCH3 is 1. The molecule has 0 aromatic heterocycles. The van der Waals surface area contributed by atoms with Crippen LogP contribution in [0.3, 0.4) is 0 Å². The van der Waals surface area contributed by atoms with Gasteiger partial charge in [0, 0.05) is 25.2 Å². The van der Waals surface area contributed by atoms with E-state index in [0.717, 1.165) is 18.1 Å². The molecule has 76 valence electrons. The van der Waals surface area contributed by atoms with Gasteiger partial charge in [-0.05, 0) is 5.56 Å². The van der Waals surface area contributed by atoms with Crippen LogP contribution in [-0.4, -0.2) is 25.2 Å². The third kappa shape index (κ3) is 1.80. The van der Waals surface area contributed by atoms with Crippen molar-refractivity contribution in [2.45, 2.75) is 5.72 Å². The SMILES string of the molecule is COC1(c2ccccc2)CSCCN1. The molecule has 0 saturated carbocycles. The second kappa shape index (κ2) is 4.34. The lowest BCUT2D eigenvalue weighted by atomic mass is 10.0. The van der Waals surface area contributed by atoms with Crippen LogP contribution in [0, 0.1) is 0 Å². The van der Waals surface area contributed by atoms with Crippen LogP contribution in [-0.2, 0) is 10.5 Å². The van der Waals surface area contributed by atoms with Crippen LogP contribution in [0.4, 0.5) is 0 Å². The molecule has 2 nitrogen and oxygen atoms in total. The van der Waals surface area contributed by atoms with Gasteiger partial charge < -0.3 is 4.74 Å². The highest BCUT2D eigenvalue weighted by atomic mass is 32.2. The second-order valence-corrected chi connectivity index (χ2v) is 4.48. The Morgan fingerprint density at radius 2 is 2.14 bits per heavy atom. The molecule has 2 rings (SSSR count). The summed E-state index contributed by atoms with van der Waals surface area (Å²) < 4.78 is 5.63. The average Bonchev–Trinajstić information content (AvgIpc) is 2.31. The van der Waals surface area contributed by atoms with Crippen molar-refractivity contribution in [1.82, 2.24) is 5.32 Å². The van der Waals surface area contributed by atoms with Crippen molar-refractivity contribution in [3.63, 3.8) is 0 Å². The summed E-state index contributed by atoms with van der Waals surface area (Å²) in [6, 6.07) is 10.4. The van der Waals surface area contributed by atoms with E-state index in [1.807, 2.05) is 17.8 Å². The Balaban J connectivity index is 2.27. The molecule has 1 saturated heterocycles. The number of hydrogen-bond acceptors (Lipinski definition) is 3. The van der Waals surface area contributed by atoms with Gasteiger partial charge in [-0.25, -0.2) is 0 Å². The van der Waals surface area contributed by atoms with Gasteiger partial charge in [0.15, 0.2) is 5.72 Å². The fourth-order valence-corrected chi connectivity index (χ4v) is 2.80. The third-order valence-corrected chi connectivity index (χ3v) is 3.65. The molecule has 1 heterocycles. The van der Waals surface area contributed by atoms with Gasteiger partial charge in [-0.3, -0.25) is 5.32 Å². The van der Waals surface area contributed by atoms with Crippen molar-refractivity contribution >= 4 is 11.8 Å². The average molecular weight is 209 g/mol. The maximum Gasteiger partial charge on any atom is 0.154 e. The fourth-order valence-electron chi connectivity index (χ4n) is 1.73. The molecule has 14 heavy (non-hydrogen) atoms. The Labute approximate surface area is 89.0 Å². The van der Waals surface area contributed by atoms with Gasteiger partial charge in [0.25, 0.3) is 0 Å². The molecule has 0 spiro atoms. The smallest absolute Gasteiger partial charge is 0.154 e. The predicted molar refractivity (Wildman–Crippen MR) is 60.5 cm³/mol. The lowest BCUT2D eigenvalue weighted by Gasteiger charge is -2.37. The lowest BCUT2D eigenvalue weighted by Crippen LogP contribution is -2.50. The molecule has 1 aliphatic rings. The van der Waals surface area contributed by atoms with Crippen LogP contribution < -0.4 is 5.32 Å². The molecule has 0 radical (unpaired) electrons. The molecule has 1 unspecified atom stereocenters. The molecule has 1 aliphatic heterocycles. The monoisotopic (exact) mass is 209 g/mol. The van der Waals surface area contributed by atoms with Crippen LogP contribution in [0.1, 0.15) is 5.56 Å². The van der Waals surface area contributed by atoms with Crippen LogP contribution >= 0.6 is 11.8 Å². The third-order valence-electron chi connectivity index (χ3n) is 2.55. The standard InChI is InChI=1S/C11H15NOS/c1-13-11(9-14-8-7-12-11)10-5-3-2-4-6-10/h2-6,12H,7-9H2,1H3. The quantitative estimate of drug-likeness (QED) is 0.803. The van der Waals surface area contributed by atoms with Crippen LogP contribution in [0.25, 0.3) is 0 Å². The minimum absolute atomic E-state index is 0.274. The van der Waals surface area contributed by atoms with Gasteiger partial charge in [-0.1, -0.05) is 30.3 Å². The van der Waals surface area contributed by atoms with E-state index in [1.54, 1.807) is 7.11 Å². The Hall–Kier alpha value is -0.510. The van der Waals surface area contributed by atoms with Crippen molar-refractivity contribution in [2.24, 2.45) is 0 Å². The van der Waals surface area contributed by atoms with E-state index in [0.29, 0.717) is 0 Å². The normalized spacial score (nSPS) is 27.5. The first kappa shape index (κ1) is 10.0. The van der Waals surface area contributed by atoms with Crippen molar-refractivity contribution in [1.29, 1.82) is 0 Å². The van der Waals surface area contributed by atoms with Gasteiger partial charge >= 0.3 is 0 Å². The number of hydrogen-bond donors (Lipinski definition) is 1. The van der Waals surface area contributed by atoms with Crippen molar-refractivity contribution in [3.05, 3.63) is 35.9 Å². The first-order valence-corrected chi connectivity index (χ1v) is 5.96. The summed E-state index contributed by atoms with van der Waals surface area (Å²) in [5.74, 6) is 2.14. The molecule has 0 bridgehead atoms. The second-order valence-electron chi connectivity index (χ2n) is 3.38. The maximum atomic E-state index is 5.63. The molecule has 0 aliphatic carbocycles. The van der Waals surface area contributed by atoms with Gasteiger partial charge in [0.2, 0.25) is 0 Å². The number of rotatable bonds is 2. The summed E-state index contributed by atoms with van der Waals surface area (Å²) in [6.45, 7) is 1.01. The van der Waals surface area contributed by atoms with E-state index in [2.05, 4.69) is 29.6 Å². The van der Waals surface area contributed by atoms with E-state index in [4.69, 9.17) is 4.74 Å². The summed E-state index contributed by atoms with van der Waals surface area (Å²) in [6.07, 6.45) is 0. The summed E-state index contributed by atoms with van der Waals surface area (Å²) >= 11 is 1.93. The van der Waals surface area contributed by atoms with E-state index >= 15 is 0 Å². The molecule has 3 heteroatoms. The van der Waals surface area contributed by atoms with Crippen molar-refractivity contribution in [3.8, 4) is 0 Å². The van der Waals surface area contributed by atoms with Gasteiger partial charge in [-0.2, -0.15) is 11.8 Å². The molecule has 0 amide bonds. The zero-order chi connectivity index (χ0) is 9.86. The summed E-state index contributed by atoms with van der Waals surface area (Å²) in [4.78, 5) is 0. The van der Waals surface area contributed by atoms with Crippen LogP contribution in [0.15, 0.2) is 30.3 Å². The van der Waals surface area contributed by atoms with E-state index in [9.17, 15) is 0 Å². The number of nitrogens with one attached hydrogen (secondary N) is 1. The molecule has 1 fully saturated rings. The fraction of sp³-hybridized carbons (Fsp3) is 0.455. The van der Waals surface area contributed by atoms with Gasteiger partial charge in [0.05, 0.1) is 0 Å². The molecule has 1 aromatic rings. The number of thioether (sulfide) groups is 1. The predicted octanol–water partition coefficient (Wildman–Crippen LogP) is 1.82. The van der Waals surface area contributed by atoms with Crippen LogP contribution in [0.2, 0.25) is 0 Å². The largest absolute Gasteiger partial charge is 0.359 e. The van der Waals surface area contributed by atoms with E-state index in [-0.39, 0.29) is 5.72 Å². The first-order chi connectivity index (χ1) is 6.87. The van der Waals surface area contributed by atoms with E-state index < -0.39 is 0 Å². The maximum absolute atomic E-state index is 5.63. The Morgan fingerprint density at radius 3 is 2.71 bits per heavy atom. The Bertz CT molecular complexity index is 283. The van der Waals surface area contributed by atoms with Crippen molar-refractivity contribution < 1.29 is 4.74 Å². The molecule has 1 N–H and O–H groups in total. The molecule has 1 atom stereocenters. The zero-order valence-electron chi connectivity index (χ0n) is 8.32. The first-order valence-electron chi connectivity index (χ1n) is 4.81. The highest BCUT2D eigenvalue weighted by Crippen LogP contribution is 2.29. The minimum atomic E-state index is -0.274. The summed E-state index contributed by atoms with van der Waals surface area (Å²) in [5, 5.41) is 3.46. The minimum Gasteiger partial charge on any atom is -0.359 e. The van der Waals surface area contributed by atoms with Crippen molar-refractivity contribution in [2.75, 3.05) is 25.2 Å².